The number of piperazine rings is 1. The number of carbonyl (C=O) groups excluding carboxylic acids is 1. The molecule has 0 spiro atoms. The number of para-hydroxylation sites is 1. The summed E-state index contributed by atoms with van der Waals surface area (Å²) in [6.07, 6.45) is 1.34. The molecule has 1 saturated heterocycles. The second-order valence-corrected chi connectivity index (χ2v) is 6.97. The second-order valence-electron chi connectivity index (χ2n) is 6.97. The Kier molecular flexibility index (Phi) is 6.64. The molecule has 1 amide bonds. The first-order valence-corrected chi connectivity index (χ1v) is 8.54. The first kappa shape index (κ1) is 19.1. The van der Waals surface area contributed by atoms with Crippen molar-refractivity contribution in [2.45, 2.75) is 26.4 Å². The van der Waals surface area contributed by atoms with E-state index in [4.69, 9.17) is 15.3 Å². The minimum atomic E-state index is -0.456. The maximum absolute atomic E-state index is 12.1. The van der Waals surface area contributed by atoms with Gasteiger partial charge in [-0.3, -0.25) is 4.90 Å². The van der Waals surface area contributed by atoms with E-state index >= 15 is 0 Å². The first-order chi connectivity index (χ1) is 11.9. The first-order valence-electron chi connectivity index (χ1n) is 8.54. The maximum atomic E-state index is 12.1. The van der Waals surface area contributed by atoms with Gasteiger partial charge in [-0.2, -0.15) is 5.10 Å². The van der Waals surface area contributed by atoms with Gasteiger partial charge in [0.25, 0.3) is 0 Å². The van der Waals surface area contributed by atoms with E-state index in [0.717, 1.165) is 30.9 Å². The van der Waals surface area contributed by atoms with Crippen molar-refractivity contribution < 1.29 is 14.3 Å². The van der Waals surface area contributed by atoms with Gasteiger partial charge < -0.3 is 20.2 Å². The van der Waals surface area contributed by atoms with Crippen LogP contribution in [-0.2, 0) is 4.74 Å². The molecule has 2 N–H and O–H groups in total. The Balaban J connectivity index is 1.73. The predicted molar refractivity (Wildman–Crippen MR) is 98.0 cm³/mol. The van der Waals surface area contributed by atoms with Gasteiger partial charge in [0, 0.05) is 38.3 Å². The van der Waals surface area contributed by atoms with Gasteiger partial charge in [0.1, 0.15) is 18.0 Å². The number of ether oxygens (including phenoxy) is 2. The summed E-state index contributed by atoms with van der Waals surface area (Å²) in [6.45, 7) is 9.99. The van der Waals surface area contributed by atoms with Crippen LogP contribution in [0, 0.1) is 0 Å². The molecule has 1 heterocycles. The molecule has 7 heteroatoms. The Morgan fingerprint density at radius 1 is 1.24 bits per heavy atom. The number of carbonyl (C=O) groups is 1. The summed E-state index contributed by atoms with van der Waals surface area (Å²) in [5.41, 5.74) is 0.405. The summed E-state index contributed by atoms with van der Waals surface area (Å²) in [5.74, 6) is 5.98. The fourth-order valence-electron chi connectivity index (χ4n) is 2.56. The Labute approximate surface area is 149 Å². The van der Waals surface area contributed by atoms with Gasteiger partial charge in [0.2, 0.25) is 0 Å². The molecular formula is C18H28N4O3. The lowest BCUT2D eigenvalue weighted by atomic mass is 10.2. The quantitative estimate of drug-likeness (QED) is 0.499. The maximum Gasteiger partial charge on any atom is 0.410 e. The molecule has 0 atom stereocenters. The van der Waals surface area contributed by atoms with E-state index in [1.807, 2.05) is 45.0 Å². The number of amides is 1. The molecule has 1 aliphatic rings. The van der Waals surface area contributed by atoms with Crippen molar-refractivity contribution in [1.82, 2.24) is 9.80 Å². The standard InChI is InChI=1S/C18H28N4O3/c1-18(2,3)25-17(23)22-10-8-21(9-11-22)12-13-24-16-7-5-4-6-15(16)14-20-19/h4-7,14H,8-13,19H2,1-3H3. The summed E-state index contributed by atoms with van der Waals surface area (Å²) in [7, 11) is 0. The molecule has 1 aromatic carbocycles. The summed E-state index contributed by atoms with van der Waals surface area (Å²) in [4.78, 5) is 16.1. The van der Waals surface area contributed by atoms with Crippen molar-refractivity contribution in [1.29, 1.82) is 0 Å². The van der Waals surface area contributed by atoms with Crippen LogP contribution in [0.2, 0.25) is 0 Å². The van der Waals surface area contributed by atoms with Gasteiger partial charge in [-0.15, -0.1) is 0 Å². The van der Waals surface area contributed by atoms with Crippen molar-refractivity contribution in [2.24, 2.45) is 10.9 Å². The minimum absolute atomic E-state index is 0.238. The Morgan fingerprint density at radius 2 is 1.92 bits per heavy atom. The third-order valence-corrected chi connectivity index (χ3v) is 3.82. The second kappa shape index (κ2) is 8.71. The van der Waals surface area contributed by atoms with Crippen LogP contribution in [0.25, 0.3) is 0 Å². The lowest BCUT2D eigenvalue weighted by Crippen LogP contribution is -2.50. The molecule has 0 aromatic heterocycles. The molecule has 0 aliphatic carbocycles. The zero-order valence-electron chi connectivity index (χ0n) is 15.3. The van der Waals surface area contributed by atoms with Gasteiger partial charge in [-0.25, -0.2) is 4.79 Å². The van der Waals surface area contributed by atoms with Crippen LogP contribution >= 0.6 is 0 Å². The lowest BCUT2D eigenvalue weighted by Gasteiger charge is -2.35. The molecule has 7 nitrogen and oxygen atoms in total. The average molecular weight is 348 g/mol. The molecule has 0 bridgehead atoms. The molecule has 1 aliphatic heterocycles. The monoisotopic (exact) mass is 348 g/mol. The number of hydrogen-bond acceptors (Lipinski definition) is 6. The summed E-state index contributed by atoms with van der Waals surface area (Å²) >= 11 is 0. The fourth-order valence-corrected chi connectivity index (χ4v) is 2.56. The molecule has 2 rings (SSSR count). The van der Waals surface area contributed by atoms with Crippen molar-refractivity contribution in [3.63, 3.8) is 0 Å². The van der Waals surface area contributed by atoms with Crippen LogP contribution < -0.4 is 10.6 Å². The molecule has 0 saturated carbocycles. The zero-order valence-corrected chi connectivity index (χ0v) is 15.3. The van der Waals surface area contributed by atoms with Crippen molar-refractivity contribution in [3.8, 4) is 5.75 Å². The van der Waals surface area contributed by atoms with E-state index in [-0.39, 0.29) is 6.09 Å². The molecule has 0 unspecified atom stereocenters. The third-order valence-electron chi connectivity index (χ3n) is 3.82. The molecule has 0 radical (unpaired) electrons. The van der Waals surface area contributed by atoms with Crippen molar-refractivity contribution in [2.75, 3.05) is 39.3 Å². The normalized spacial score (nSPS) is 16.2. The number of nitrogens with zero attached hydrogens (tertiary/aromatic N) is 3. The summed E-state index contributed by atoms with van der Waals surface area (Å²) in [5, 5.41) is 3.55. The Hall–Kier alpha value is -2.28. The number of hydrogen-bond donors (Lipinski definition) is 1. The van der Waals surface area contributed by atoms with E-state index in [1.54, 1.807) is 11.1 Å². The molecule has 1 fully saturated rings. The largest absolute Gasteiger partial charge is 0.492 e. The van der Waals surface area contributed by atoms with Crippen LogP contribution in [0.4, 0.5) is 4.79 Å². The highest BCUT2D eigenvalue weighted by Gasteiger charge is 2.25. The van der Waals surface area contributed by atoms with Crippen molar-refractivity contribution in [3.05, 3.63) is 29.8 Å². The molecule has 138 valence electrons. The highest BCUT2D eigenvalue weighted by atomic mass is 16.6. The third kappa shape index (κ3) is 6.26. The van der Waals surface area contributed by atoms with Crippen molar-refractivity contribution >= 4 is 12.3 Å². The van der Waals surface area contributed by atoms with Crippen LogP contribution in [0.1, 0.15) is 26.3 Å². The SMILES string of the molecule is CC(C)(C)OC(=O)N1CCN(CCOc2ccccc2C=NN)CC1. The van der Waals surface area contributed by atoms with Crippen LogP contribution in [0.3, 0.4) is 0 Å². The van der Waals surface area contributed by atoms with Gasteiger partial charge in [0.05, 0.1) is 6.21 Å². The zero-order chi connectivity index (χ0) is 18.3. The van der Waals surface area contributed by atoms with Crippen LogP contribution in [-0.4, -0.2) is 67.0 Å². The predicted octanol–water partition coefficient (Wildman–Crippen LogP) is 1.91. The Morgan fingerprint density at radius 3 is 2.56 bits per heavy atom. The summed E-state index contributed by atoms with van der Waals surface area (Å²) < 4.78 is 11.2. The molecule has 25 heavy (non-hydrogen) atoms. The van der Waals surface area contributed by atoms with Gasteiger partial charge in [-0.05, 0) is 32.9 Å². The van der Waals surface area contributed by atoms with E-state index in [9.17, 15) is 4.79 Å². The fraction of sp³-hybridized carbons (Fsp3) is 0.556. The van der Waals surface area contributed by atoms with Crippen LogP contribution in [0.5, 0.6) is 5.75 Å². The summed E-state index contributed by atoms with van der Waals surface area (Å²) in [6, 6.07) is 7.64. The highest BCUT2D eigenvalue weighted by molar-refractivity contribution is 5.83. The van der Waals surface area contributed by atoms with Gasteiger partial charge in [0.15, 0.2) is 0 Å². The van der Waals surface area contributed by atoms with Gasteiger partial charge >= 0.3 is 6.09 Å². The number of rotatable bonds is 5. The van der Waals surface area contributed by atoms with Gasteiger partial charge in [-0.1, -0.05) is 12.1 Å². The van der Waals surface area contributed by atoms with E-state index in [0.29, 0.717) is 19.7 Å². The number of benzene rings is 1. The topological polar surface area (TPSA) is 80.4 Å². The highest BCUT2D eigenvalue weighted by Crippen LogP contribution is 2.16. The van der Waals surface area contributed by atoms with E-state index < -0.39 is 5.60 Å². The average Bonchev–Trinajstić information content (AvgIpc) is 2.56. The minimum Gasteiger partial charge on any atom is -0.492 e. The molecule has 1 aromatic rings. The van der Waals surface area contributed by atoms with Crippen LogP contribution in [0.15, 0.2) is 29.4 Å². The molecular weight excluding hydrogens is 320 g/mol. The van der Waals surface area contributed by atoms with E-state index in [2.05, 4.69) is 10.0 Å². The number of hydrazone groups is 1. The Bertz CT molecular complexity index is 590. The number of nitrogens with two attached hydrogens (primary N) is 1. The lowest BCUT2D eigenvalue weighted by molar-refractivity contribution is 0.0137. The van der Waals surface area contributed by atoms with E-state index in [1.165, 1.54) is 0 Å². The smallest absolute Gasteiger partial charge is 0.410 e.